The van der Waals surface area contributed by atoms with Crippen LogP contribution in [0.4, 0.5) is 4.39 Å². The van der Waals surface area contributed by atoms with Crippen molar-refractivity contribution in [2.75, 3.05) is 7.11 Å². The summed E-state index contributed by atoms with van der Waals surface area (Å²) in [6.45, 7) is 0. The van der Waals surface area contributed by atoms with Crippen molar-refractivity contribution in [3.63, 3.8) is 0 Å². The van der Waals surface area contributed by atoms with Crippen molar-refractivity contribution in [3.05, 3.63) is 35.1 Å². The predicted molar refractivity (Wildman–Crippen MR) is 54.8 cm³/mol. The van der Waals surface area contributed by atoms with Crippen LogP contribution in [0.5, 0.6) is 0 Å². The minimum Gasteiger partial charge on any atom is -0.467 e. The Hall–Kier alpha value is -1.79. The molecule has 0 bridgehead atoms. The molecule has 6 heteroatoms. The predicted octanol–water partition coefficient (Wildman–Crippen LogP) is 0.206. The van der Waals surface area contributed by atoms with Gasteiger partial charge in [0, 0.05) is 11.1 Å². The van der Waals surface area contributed by atoms with Gasteiger partial charge in [-0.3, -0.25) is 4.79 Å². The second-order valence-corrected chi connectivity index (χ2v) is 3.31. The number of hydrogen-bond donors (Lipinski definition) is 2. The first kappa shape index (κ1) is 13.3. The molecule has 0 saturated heterocycles. The summed E-state index contributed by atoms with van der Waals surface area (Å²) < 4.78 is 17.6. The molecule has 1 aromatic rings. The molecule has 92 valence electrons. The van der Waals surface area contributed by atoms with Gasteiger partial charge in [-0.1, -0.05) is 0 Å². The zero-order valence-corrected chi connectivity index (χ0v) is 8.96. The zero-order valence-electron chi connectivity index (χ0n) is 8.96. The molecule has 2 unspecified atom stereocenters. The van der Waals surface area contributed by atoms with Crippen LogP contribution in [0.15, 0.2) is 18.2 Å². The minimum atomic E-state index is -1.91. The molecule has 0 radical (unpaired) electrons. The zero-order chi connectivity index (χ0) is 13.0. The fourth-order valence-electron chi connectivity index (χ4n) is 1.28. The number of aliphatic hydroxyl groups is 2. The Morgan fingerprint density at radius 2 is 2.12 bits per heavy atom. The summed E-state index contributed by atoms with van der Waals surface area (Å²) in [5, 5.41) is 18.9. The van der Waals surface area contributed by atoms with Gasteiger partial charge in [0.15, 0.2) is 6.10 Å². The Kier molecular flexibility index (Phi) is 4.30. The molecule has 0 heterocycles. The van der Waals surface area contributed by atoms with Crippen LogP contribution in [0.3, 0.4) is 0 Å². The van der Waals surface area contributed by atoms with E-state index in [0.717, 1.165) is 19.2 Å². The Labute approximate surface area is 96.4 Å². The molecule has 0 aliphatic heterocycles. The number of methoxy groups -OCH3 is 1. The van der Waals surface area contributed by atoms with Crippen molar-refractivity contribution in [1.29, 1.82) is 0 Å². The molecule has 0 aliphatic rings. The highest BCUT2D eigenvalue weighted by molar-refractivity contribution is 5.77. The standard InChI is InChI=1S/C11H11FO5/c1-17-11(16)10(15)9(14)7-4-6(5-13)2-3-8(7)12/h2-5,9-10,14-15H,1H3. The van der Waals surface area contributed by atoms with Gasteiger partial charge in [0.05, 0.1) is 7.11 Å². The molecule has 17 heavy (non-hydrogen) atoms. The molecule has 2 N–H and O–H groups in total. The van der Waals surface area contributed by atoms with E-state index in [-0.39, 0.29) is 11.1 Å². The van der Waals surface area contributed by atoms with Gasteiger partial charge in [0.1, 0.15) is 18.2 Å². The molecule has 2 atom stereocenters. The number of halogens is 1. The molecule has 0 spiro atoms. The van der Waals surface area contributed by atoms with E-state index < -0.39 is 24.0 Å². The maximum atomic E-state index is 13.3. The maximum Gasteiger partial charge on any atom is 0.337 e. The summed E-state index contributed by atoms with van der Waals surface area (Å²) in [7, 11) is 1.02. The lowest BCUT2D eigenvalue weighted by Crippen LogP contribution is -2.29. The normalized spacial score (nSPS) is 13.9. The van der Waals surface area contributed by atoms with Gasteiger partial charge >= 0.3 is 5.97 Å². The molecule has 0 aliphatic carbocycles. The molecule has 5 nitrogen and oxygen atoms in total. The Bertz CT molecular complexity index is 432. The Morgan fingerprint density at radius 3 is 2.65 bits per heavy atom. The van der Waals surface area contributed by atoms with Gasteiger partial charge in [0.2, 0.25) is 0 Å². The van der Waals surface area contributed by atoms with Gasteiger partial charge in [0.25, 0.3) is 0 Å². The first-order chi connectivity index (χ1) is 8.01. The molecule has 1 rings (SSSR count). The average molecular weight is 242 g/mol. The molecule has 0 fully saturated rings. The van der Waals surface area contributed by atoms with Crippen molar-refractivity contribution >= 4 is 12.3 Å². The number of benzene rings is 1. The van der Waals surface area contributed by atoms with Gasteiger partial charge in [-0.25, -0.2) is 9.18 Å². The number of carbonyl (C=O) groups is 2. The van der Waals surface area contributed by atoms with E-state index in [1.54, 1.807) is 0 Å². The second-order valence-electron chi connectivity index (χ2n) is 3.31. The smallest absolute Gasteiger partial charge is 0.337 e. The Morgan fingerprint density at radius 1 is 1.47 bits per heavy atom. The van der Waals surface area contributed by atoms with Crippen LogP contribution in [0, 0.1) is 5.82 Å². The Balaban J connectivity index is 3.06. The fourth-order valence-corrected chi connectivity index (χ4v) is 1.28. The second kappa shape index (κ2) is 5.51. The summed E-state index contributed by atoms with van der Waals surface area (Å²) in [4.78, 5) is 21.5. The first-order valence-electron chi connectivity index (χ1n) is 4.69. The summed E-state index contributed by atoms with van der Waals surface area (Å²) in [6.07, 6.45) is -3.24. The van der Waals surface area contributed by atoms with Crippen LogP contribution in [0.1, 0.15) is 22.0 Å². The SMILES string of the molecule is COC(=O)C(O)C(O)c1cc(C=O)ccc1F. The number of aliphatic hydroxyl groups excluding tert-OH is 2. The molecule has 0 amide bonds. The monoisotopic (exact) mass is 242 g/mol. The van der Waals surface area contributed by atoms with Crippen LogP contribution in [0.25, 0.3) is 0 Å². The molecule has 0 saturated carbocycles. The van der Waals surface area contributed by atoms with Gasteiger partial charge < -0.3 is 14.9 Å². The van der Waals surface area contributed by atoms with Crippen molar-refractivity contribution in [1.82, 2.24) is 0 Å². The van der Waals surface area contributed by atoms with Crippen molar-refractivity contribution in [2.45, 2.75) is 12.2 Å². The van der Waals surface area contributed by atoms with E-state index in [9.17, 15) is 24.2 Å². The number of ether oxygens (including phenoxy) is 1. The molecular weight excluding hydrogens is 231 g/mol. The first-order valence-corrected chi connectivity index (χ1v) is 4.69. The molecule has 0 aromatic heterocycles. The van der Waals surface area contributed by atoms with Crippen LogP contribution >= 0.6 is 0 Å². The third-order valence-corrected chi connectivity index (χ3v) is 2.22. The van der Waals surface area contributed by atoms with Crippen LogP contribution in [-0.2, 0) is 9.53 Å². The minimum absolute atomic E-state index is 0.123. The van der Waals surface area contributed by atoms with Crippen LogP contribution in [0.2, 0.25) is 0 Å². The van der Waals surface area contributed by atoms with E-state index in [4.69, 9.17) is 0 Å². The van der Waals surface area contributed by atoms with Crippen molar-refractivity contribution in [2.24, 2.45) is 0 Å². The largest absolute Gasteiger partial charge is 0.467 e. The summed E-state index contributed by atoms with van der Waals surface area (Å²) in [5.74, 6) is -1.92. The summed E-state index contributed by atoms with van der Waals surface area (Å²) >= 11 is 0. The number of aldehydes is 1. The van der Waals surface area contributed by atoms with Crippen LogP contribution < -0.4 is 0 Å². The lowest BCUT2D eigenvalue weighted by Gasteiger charge is -2.16. The quantitative estimate of drug-likeness (QED) is 0.582. The maximum absolute atomic E-state index is 13.3. The third-order valence-electron chi connectivity index (χ3n) is 2.22. The molecular formula is C11H11FO5. The van der Waals surface area contributed by atoms with Gasteiger partial charge in [-0.15, -0.1) is 0 Å². The number of esters is 1. The topological polar surface area (TPSA) is 83.8 Å². The van der Waals surface area contributed by atoms with Crippen LogP contribution in [-0.4, -0.2) is 35.7 Å². The van der Waals surface area contributed by atoms with E-state index in [0.29, 0.717) is 6.29 Å². The van der Waals surface area contributed by atoms with E-state index in [1.165, 1.54) is 6.07 Å². The van der Waals surface area contributed by atoms with Crippen molar-refractivity contribution in [3.8, 4) is 0 Å². The fraction of sp³-hybridized carbons (Fsp3) is 0.273. The number of hydrogen-bond acceptors (Lipinski definition) is 5. The van der Waals surface area contributed by atoms with Crippen molar-refractivity contribution < 1.29 is 28.9 Å². The highest BCUT2D eigenvalue weighted by Crippen LogP contribution is 2.21. The molecule has 1 aromatic carbocycles. The lowest BCUT2D eigenvalue weighted by atomic mass is 10.0. The van der Waals surface area contributed by atoms with E-state index in [1.807, 2.05) is 0 Å². The third kappa shape index (κ3) is 2.86. The number of carbonyl (C=O) groups excluding carboxylic acids is 2. The number of rotatable bonds is 4. The van der Waals surface area contributed by atoms with Gasteiger partial charge in [-0.05, 0) is 18.2 Å². The summed E-state index contributed by atoms with van der Waals surface area (Å²) in [5.41, 5.74) is -0.218. The average Bonchev–Trinajstić information content (AvgIpc) is 2.36. The lowest BCUT2D eigenvalue weighted by molar-refractivity contribution is -0.156. The highest BCUT2D eigenvalue weighted by atomic mass is 19.1. The van der Waals surface area contributed by atoms with Gasteiger partial charge in [-0.2, -0.15) is 0 Å². The highest BCUT2D eigenvalue weighted by Gasteiger charge is 2.28. The van der Waals surface area contributed by atoms with E-state index >= 15 is 0 Å². The van der Waals surface area contributed by atoms with E-state index in [2.05, 4.69) is 4.74 Å². The summed E-state index contributed by atoms with van der Waals surface area (Å²) in [6, 6.07) is 3.23.